The number of fused-ring (bicyclic) bond motifs is 1. The number of benzene rings is 1. The molecular formula is C31H49N3O7. The highest BCUT2D eigenvalue weighted by Crippen LogP contribution is 2.46. The van der Waals surface area contributed by atoms with Crippen LogP contribution < -0.4 is 9.47 Å². The summed E-state index contributed by atoms with van der Waals surface area (Å²) in [7, 11) is 4.12. The Kier molecular flexibility index (Phi) is 10.9. The first kappa shape index (κ1) is 31.5. The molecule has 0 bridgehead atoms. The molecule has 0 spiro atoms. The van der Waals surface area contributed by atoms with Crippen molar-refractivity contribution in [3.63, 3.8) is 0 Å². The van der Waals surface area contributed by atoms with Crippen LogP contribution in [0.25, 0.3) is 0 Å². The van der Waals surface area contributed by atoms with Crippen LogP contribution >= 0.6 is 0 Å². The maximum Gasteiger partial charge on any atom is 0.308 e. The second-order valence-corrected chi connectivity index (χ2v) is 12.6. The van der Waals surface area contributed by atoms with E-state index in [4.69, 9.17) is 18.9 Å². The Labute approximate surface area is 244 Å². The van der Waals surface area contributed by atoms with E-state index in [1.54, 1.807) is 0 Å². The molecule has 1 amide bonds. The van der Waals surface area contributed by atoms with Crippen molar-refractivity contribution < 1.29 is 33.6 Å². The topological polar surface area (TPSA) is 101 Å². The zero-order chi connectivity index (χ0) is 29.6. The van der Waals surface area contributed by atoms with Gasteiger partial charge in [0.25, 0.3) is 0 Å². The zero-order valence-electron chi connectivity index (χ0n) is 25.5. The van der Waals surface area contributed by atoms with E-state index in [-0.39, 0.29) is 31.2 Å². The first-order chi connectivity index (χ1) is 19.6. The standard InChI is InChI=1S/C31H49N3O7/c1-6-7-13-33(14-9-8-12-32(4)5)27(35)20-34-19-23(22-10-11-25-26(17-22)41-21-40-25)28(29(36)37)24(34)18-31(2,3)30-38-15-16-39-30/h10-11,17,23-24,28,30H,6-9,12-16,18-21H2,1-5H3,(H,36,37)/t23-,24+,28?/m1/s1. The lowest BCUT2D eigenvalue weighted by Crippen LogP contribution is -2.47. The highest BCUT2D eigenvalue weighted by molar-refractivity contribution is 5.79. The van der Waals surface area contributed by atoms with Crippen LogP contribution in [0.3, 0.4) is 0 Å². The zero-order valence-corrected chi connectivity index (χ0v) is 25.5. The lowest BCUT2D eigenvalue weighted by molar-refractivity contribution is -0.148. The second-order valence-electron chi connectivity index (χ2n) is 12.6. The van der Waals surface area contributed by atoms with Crippen LogP contribution in [0, 0.1) is 11.3 Å². The van der Waals surface area contributed by atoms with Gasteiger partial charge < -0.3 is 33.9 Å². The van der Waals surface area contributed by atoms with Crippen molar-refractivity contribution in [1.82, 2.24) is 14.7 Å². The molecule has 1 unspecified atom stereocenters. The molecular weight excluding hydrogens is 526 g/mol. The summed E-state index contributed by atoms with van der Waals surface area (Å²) in [6, 6.07) is 5.32. The van der Waals surface area contributed by atoms with Gasteiger partial charge in [-0.1, -0.05) is 33.3 Å². The van der Waals surface area contributed by atoms with Crippen molar-refractivity contribution >= 4 is 11.9 Å². The van der Waals surface area contributed by atoms with E-state index in [2.05, 4.69) is 44.7 Å². The van der Waals surface area contributed by atoms with Crippen LogP contribution in [-0.4, -0.2) is 111 Å². The predicted molar refractivity (Wildman–Crippen MR) is 155 cm³/mol. The maximum absolute atomic E-state index is 13.8. The van der Waals surface area contributed by atoms with Gasteiger partial charge >= 0.3 is 5.97 Å². The quantitative estimate of drug-likeness (QED) is 0.314. The summed E-state index contributed by atoms with van der Waals surface area (Å²) in [6.45, 7) is 10.6. The van der Waals surface area contributed by atoms with Gasteiger partial charge in [0.2, 0.25) is 12.7 Å². The normalized spacial score (nSPS) is 23.0. The summed E-state index contributed by atoms with van der Waals surface area (Å²) in [4.78, 5) is 33.0. The molecule has 3 aliphatic rings. The van der Waals surface area contributed by atoms with Crippen molar-refractivity contribution in [3.8, 4) is 11.5 Å². The van der Waals surface area contributed by atoms with Crippen molar-refractivity contribution in [2.45, 2.75) is 71.1 Å². The van der Waals surface area contributed by atoms with Gasteiger partial charge in [-0.25, -0.2) is 0 Å². The average Bonchev–Trinajstić information content (AvgIpc) is 3.68. The highest BCUT2D eigenvalue weighted by atomic mass is 16.7. The van der Waals surface area contributed by atoms with E-state index < -0.39 is 23.6 Å². The molecule has 0 aromatic heterocycles. The Morgan fingerprint density at radius 2 is 1.71 bits per heavy atom. The molecule has 2 saturated heterocycles. The number of nitrogens with zero attached hydrogens (tertiary/aromatic N) is 3. The van der Waals surface area contributed by atoms with Gasteiger partial charge in [-0.3, -0.25) is 14.5 Å². The minimum absolute atomic E-state index is 0.0648. The van der Waals surface area contributed by atoms with Crippen molar-refractivity contribution in [3.05, 3.63) is 23.8 Å². The summed E-state index contributed by atoms with van der Waals surface area (Å²) in [5.74, 6) is -0.495. The molecule has 10 heteroatoms. The number of carboxylic acid groups (broad SMARTS) is 1. The Bertz CT molecular complexity index is 1030. The first-order valence-corrected chi connectivity index (χ1v) is 15.1. The lowest BCUT2D eigenvalue weighted by atomic mass is 9.77. The molecule has 10 nitrogen and oxygen atoms in total. The number of ether oxygens (including phenoxy) is 4. The SMILES string of the molecule is CCCCN(CCCCN(C)C)C(=O)CN1C[C@H](c2ccc3c(c2)OCO3)C(C(=O)O)[C@@H]1CC(C)(C)C1OCCO1. The number of aliphatic carboxylic acids is 1. The van der Waals surface area contributed by atoms with Crippen molar-refractivity contribution in [2.75, 3.05) is 66.8 Å². The van der Waals surface area contributed by atoms with Crippen LogP contribution in [0.2, 0.25) is 0 Å². The molecule has 3 atom stereocenters. The third kappa shape index (κ3) is 7.91. The minimum atomic E-state index is -0.858. The Balaban J connectivity index is 1.58. The molecule has 1 N–H and O–H groups in total. The Hall–Kier alpha value is -2.40. The fourth-order valence-corrected chi connectivity index (χ4v) is 6.39. The Morgan fingerprint density at radius 3 is 2.39 bits per heavy atom. The van der Waals surface area contributed by atoms with Crippen molar-refractivity contribution in [1.29, 1.82) is 0 Å². The van der Waals surface area contributed by atoms with E-state index in [1.807, 2.05) is 23.1 Å². The predicted octanol–water partition coefficient (Wildman–Crippen LogP) is 3.64. The lowest BCUT2D eigenvalue weighted by Gasteiger charge is -2.37. The summed E-state index contributed by atoms with van der Waals surface area (Å²) in [6.07, 6.45) is 4.05. The van der Waals surface area contributed by atoms with Gasteiger partial charge in [-0.05, 0) is 64.0 Å². The molecule has 230 valence electrons. The smallest absolute Gasteiger partial charge is 0.308 e. The minimum Gasteiger partial charge on any atom is -0.481 e. The molecule has 0 radical (unpaired) electrons. The molecule has 0 aliphatic carbocycles. The van der Waals surface area contributed by atoms with Gasteiger partial charge in [0.05, 0.1) is 25.7 Å². The van der Waals surface area contributed by atoms with E-state index >= 15 is 0 Å². The number of amides is 1. The van der Waals surface area contributed by atoms with Crippen LogP contribution in [-0.2, 0) is 19.1 Å². The fourth-order valence-electron chi connectivity index (χ4n) is 6.39. The number of likely N-dealkylation sites (tertiary alicyclic amines) is 1. The van der Waals surface area contributed by atoms with E-state index in [0.717, 1.165) is 44.3 Å². The maximum atomic E-state index is 13.8. The first-order valence-electron chi connectivity index (χ1n) is 15.1. The number of carbonyl (C=O) groups is 2. The second kappa shape index (κ2) is 14.2. The molecule has 41 heavy (non-hydrogen) atoms. The number of unbranched alkanes of at least 4 members (excludes halogenated alkanes) is 2. The van der Waals surface area contributed by atoms with Gasteiger partial charge in [0.1, 0.15) is 0 Å². The molecule has 4 rings (SSSR count). The third-order valence-electron chi connectivity index (χ3n) is 8.61. The van der Waals surface area contributed by atoms with E-state index in [1.165, 1.54) is 0 Å². The highest BCUT2D eigenvalue weighted by Gasteiger charge is 2.50. The summed E-state index contributed by atoms with van der Waals surface area (Å²) >= 11 is 0. The average molecular weight is 576 g/mol. The largest absolute Gasteiger partial charge is 0.481 e. The van der Waals surface area contributed by atoms with Crippen LogP contribution in [0.4, 0.5) is 0 Å². The van der Waals surface area contributed by atoms with Gasteiger partial charge in [-0.15, -0.1) is 0 Å². The number of hydrogen-bond donors (Lipinski definition) is 1. The van der Waals surface area contributed by atoms with Gasteiger partial charge in [0.15, 0.2) is 17.8 Å². The van der Waals surface area contributed by atoms with Crippen LogP contribution in [0.1, 0.15) is 64.4 Å². The van der Waals surface area contributed by atoms with Crippen LogP contribution in [0.15, 0.2) is 18.2 Å². The third-order valence-corrected chi connectivity index (χ3v) is 8.61. The van der Waals surface area contributed by atoms with Gasteiger partial charge in [0, 0.05) is 37.0 Å². The number of rotatable bonds is 15. The summed E-state index contributed by atoms with van der Waals surface area (Å²) in [5.41, 5.74) is 0.452. The van der Waals surface area contributed by atoms with Crippen LogP contribution in [0.5, 0.6) is 11.5 Å². The number of carboxylic acids is 1. The number of carbonyl (C=O) groups excluding carboxylic acids is 1. The summed E-state index contributed by atoms with van der Waals surface area (Å²) in [5, 5.41) is 10.6. The molecule has 1 aromatic rings. The van der Waals surface area contributed by atoms with Crippen molar-refractivity contribution in [2.24, 2.45) is 11.3 Å². The molecule has 3 heterocycles. The number of hydrogen-bond acceptors (Lipinski definition) is 8. The summed E-state index contributed by atoms with van der Waals surface area (Å²) < 4.78 is 22.8. The molecule has 1 aromatic carbocycles. The molecule has 2 fully saturated rings. The van der Waals surface area contributed by atoms with Gasteiger partial charge in [-0.2, -0.15) is 0 Å². The molecule has 3 aliphatic heterocycles. The van der Waals surface area contributed by atoms with E-state index in [0.29, 0.717) is 44.2 Å². The Morgan fingerprint density at radius 1 is 1.02 bits per heavy atom. The van der Waals surface area contributed by atoms with E-state index in [9.17, 15) is 14.7 Å². The monoisotopic (exact) mass is 575 g/mol. The molecule has 0 saturated carbocycles. The fraction of sp³-hybridized carbons (Fsp3) is 0.742.